The Labute approximate surface area is 607 Å². The number of benzene rings is 5. The van der Waals surface area contributed by atoms with Gasteiger partial charge in [-0.2, -0.15) is 8.42 Å². The SMILES string of the molecule is Cc1cc(S(=O)(=O)O)c2c(NC(=O)c3ccc(-c4ccc(NC(=O)COCCOCC(=O)NCCCC(=O)C5CC(NC(=O)c6cc(=O)[nH]c(=O)[nH]6)C(OC6OC(C)C(O)C(O)C6O)C(OC6OC(CO)C(O)C(O[C@@H](CC7CCCCC7)C(=O)O)C6OC(=O)c6ccccc6)C5)cc4)cc3)cccc2c1. The normalized spacial score (nSPS) is 25.2. The van der Waals surface area contributed by atoms with Crippen LogP contribution in [0.4, 0.5) is 11.4 Å². The zero-order chi connectivity index (χ0) is 75.9. The molecule has 2 aliphatic carbocycles. The molecule has 1 aromatic heterocycles. The van der Waals surface area contributed by atoms with Gasteiger partial charge in [0.15, 0.2) is 24.8 Å². The summed E-state index contributed by atoms with van der Waals surface area (Å²) in [4.78, 5) is 124. The molecule has 0 spiro atoms. The monoisotopic (exact) mass is 1490 g/mol. The number of carboxylic acids is 1. The molecule has 2 saturated heterocycles. The smallest absolute Gasteiger partial charge is 0.338 e. The molecular formula is C73H86N6O26S. The molecule has 0 bridgehead atoms. The van der Waals surface area contributed by atoms with E-state index in [0.717, 1.165) is 36.5 Å². The summed E-state index contributed by atoms with van der Waals surface area (Å²) in [5, 5.41) is 77.7. The van der Waals surface area contributed by atoms with Crippen LogP contribution in [-0.2, 0) is 67.2 Å². The number of aliphatic hydroxyl groups is 5. The Hall–Kier alpha value is -9.04. The first-order chi connectivity index (χ1) is 50.7. The molecule has 2 saturated carbocycles. The maximum Gasteiger partial charge on any atom is 0.338 e. The summed E-state index contributed by atoms with van der Waals surface area (Å²) in [5.41, 5.74) is 0.467. The summed E-state index contributed by atoms with van der Waals surface area (Å²) in [6.07, 6.45) is -19.2. The number of carbonyl (C=O) groups is 7. The predicted molar refractivity (Wildman–Crippen MR) is 375 cm³/mol. The summed E-state index contributed by atoms with van der Waals surface area (Å²) < 4.78 is 82.9. The number of ketones is 1. The van der Waals surface area contributed by atoms with Gasteiger partial charge in [-0.15, -0.1) is 0 Å². The predicted octanol–water partition coefficient (Wildman–Crippen LogP) is 3.05. The number of hydrogen-bond acceptors (Lipinski definition) is 24. The average molecular weight is 1500 g/mol. The Morgan fingerprint density at radius 2 is 1.38 bits per heavy atom. The van der Waals surface area contributed by atoms with Crippen molar-refractivity contribution in [3.05, 3.63) is 158 Å². The largest absolute Gasteiger partial charge is 0.479 e. The first kappa shape index (κ1) is 79.5. The van der Waals surface area contributed by atoms with Crippen molar-refractivity contribution >= 4 is 73.6 Å². The maximum absolute atomic E-state index is 14.6. The lowest BCUT2D eigenvalue weighted by Crippen LogP contribution is -2.65. The van der Waals surface area contributed by atoms with E-state index in [1.807, 2.05) is 4.98 Å². The number of fused-ring (bicyclic) bond motifs is 1. The zero-order valence-corrected chi connectivity index (χ0v) is 58.6. The van der Waals surface area contributed by atoms with Crippen LogP contribution in [0.5, 0.6) is 0 Å². The van der Waals surface area contributed by atoms with Crippen molar-refractivity contribution in [1.29, 1.82) is 0 Å². The second-order valence-corrected chi connectivity index (χ2v) is 28.0. The summed E-state index contributed by atoms with van der Waals surface area (Å²) >= 11 is 0. The van der Waals surface area contributed by atoms with Crippen molar-refractivity contribution in [2.45, 2.75) is 169 Å². The highest BCUT2D eigenvalue weighted by atomic mass is 32.2. The number of amides is 4. The molecule has 4 amide bonds. The van der Waals surface area contributed by atoms with E-state index in [9.17, 15) is 86.8 Å². The minimum absolute atomic E-state index is 0.00209. The lowest BCUT2D eigenvalue weighted by atomic mass is 9.78. The van der Waals surface area contributed by atoms with Crippen LogP contribution in [0.2, 0.25) is 0 Å². The van der Waals surface area contributed by atoms with Crippen molar-refractivity contribution in [2.24, 2.45) is 11.8 Å². The number of aromatic nitrogens is 2. The fourth-order valence-corrected chi connectivity index (χ4v) is 14.4. The summed E-state index contributed by atoms with van der Waals surface area (Å²) in [6, 6.07) is 28.3. The van der Waals surface area contributed by atoms with Crippen LogP contribution in [0.3, 0.4) is 0 Å². The molecule has 570 valence electrons. The third-order valence-corrected chi connectivity index (χ3v) is 19.8. The molecule has 13 N–H and O–H groups in total. The zero-order valence-electron chi connectivity index (χ0n) is 57.8. The first-order valence-corrected chi connectivity index (χ1v) is 36.2. The average Bonchev–Trinajstić information content (AvgIpc) is 0.774. The number of esters is 1. The van der Waals surface area contributed by atoms with Crippen LogP contribution in [-0.4, -0.2) is 220 Å². The molecule has 6 aromatic rings. The number of carboxylic acid groups (broad SMARTS) is 1. The number of carbonyl (C=O) groups excluding carboxylic acids is 6. The number of aliphatic hydroxyl groups excluding tert-OH is 5. The number of anilines is 2. The Kier molecular flexibility index (Phi) is 27.4. The van der Waals surface area contributed by atoms with Crippen LogP contribution in [0.1, 0.15) is 108 Å². The van der Waals surface area contributed by atoms with Crippen molar-refractivity contribution < 1.29 is 115 Å². The van der Waals surface area contributed by atoms with Gasteiger partial charge in [0.1, 0.15) is 72.3 Å². The van der Waals surface area contributed by atoms with Crippen LogP contribution in [0, 0.1) is 18.8 Å². The number of nitrogens with one attached hydrogen (secondary N) is 6. The number of ether oxygens (including phenoxy) is 8. The van der Waals surface area contributed by atoms with E-state index in [-0.39, 0.29) is 91.5 Å². The number of aryl methyl sites for hydroxylation is 1. The van der Waals surface area contributed by atoms with Gasteiger partial charge in [-0.05, 0) is 116 Å². The van der Waals surface area contributed by atoms with Gasteiger partial charge in [-0.1, -0.05) is 92.8 Å². The van der Waals surface area contributed by atoms with Gasteiger partial charge >= 0.3 is 17.6 Å². The van der Waals surface area contributed by atoms with Gasteiger partial charge in [0, 0.05) is 41.6 Å². The lowest BCUT2D eigenvalue weighted by Gasteiger charge is -2.49. The van der Waals surface area contributed by atoms with Crippen LogP contribution >= 0.6 is 0 Å². The maximum atomic E-state index is 14.6. The molecule has 0 radical (unpaired) electrons. The van der Waals surface area contributed by atoms with Crippen LogP contribution in [0.15, 0.2) is 130 Å². The standard InChI is InChI=1S/C73H86N6O26S/c1-38-29-45-15-9-16-48(59(45)55(30-38)106(95,96)97)76-67(89)43-20-18-41(19-21-43)42-22-24-47(25-23-42)75-58(84)37-99-28-27-98-36-57(83)74-26-10-17-51(81)46-32-49(77-68(90)50-34-56(82)79-73(94)78-50)64(105-71-63(88)62(87)60(85)39(2)100-71)52(33-46)102-72-66(104-70(93)44-13-7-4-8-14-44)65(61(86)54(35-80)103-72)101-53(69(91)92)31-40-11-5-3-6-12-40/h4,7-9,13-16,18-25,29-30,34,39-40,46,49,52-54,60-66,71-72,80,85-88H,3,5-6,10-12,17,26-28,31-33,35-37H2,1-2H3,(H,74,83)(H,75,84)(H,76,89)(H,77,90)(H,91,92)(H,95,96,97)(H2,78,79,82,94)/t39?,46?,49?,52?,53-,54?,60?,61?,62?,63?,64?,65?,66?,71?,72?/m0/s1. The molecule has 33 heteroatoms. The van der Waals surface area contributed by atoms with E-state index < -0.39 is 173 Å². The number of hydrogen-bond donors (Lipinski definition) is 13. The highest BCUT2D eigenvalue weighted by molar-refractivity contribution is 7.86. The van der Waals surface area contributed by atoms with Crippen molar-refractivity contribution in [3.63, 3.8) is 0 Å². The number of H-pyrrole nitrogens is 2. The first-order valence-electron chi connectivity index (χ1n) is 34.7. The van der Waals surface area contributed by atoms with Gasteiger partial charge in [0.2, 0.25) is 11.8 Å². The topological polar surface area (TPSA) is 483 Å². The molecule has 2 aliphatic heterocycles. The molecule has 5 aromatic carbocycles. The van der Waals surface area contributed by atoms with Gasteiger partial charge in [0.05, 0.1) is 49.3 Å². The van der Waals surface area contributed by atoms with E-state index in [4.69, 9.17) is 37.9 Å². The fraction of sp³-hybridized carbons (Fsp3) is 0.466. The number of aliphatic carboxylic acids is 1. The molecule has 4 fully saturated rings. The van der Waals surface area contributed by atoms with Crippen LogP contribution < -0.4 is 32.5 Å². The van der Waals surface area contributed by atoms with Gasteiger partial charge < -0.3 is 94.8 Å². The molecular weight excluding hydrogens is 1410 g/mol. The quantitative estimate of drug-likeness (QED) is 0.0169. The Bertz CT molecular complexity index is 4280. The highest BCUT2D eigenvalue weighted by Gasteiger charge is 2.55. The molecule has 3 heterocycles. The van der Waals surface area contributed by atoms with Gasteiger partial charge in [0.25, 0.3) is 27.5 Å². The summed E-state index contributed by atoms with van der Waals surface area (Å²) in [6.45, 7) is 1.11. The third kappa shape index (κ3) is 20.8. The minimum Gasteiger partial charge on any atom is -0.479 e. The second-order valence-electron chi connectivity index (χ2n) is 26.6. The molecule has 106 heavy (non-hydrogen) atoms. The molecule has 4 aliphatic rings. The van der Waals surface area contributed by atoms with E-state index in [2.05, 4.69) is 26.3 Å². The van der Waals surface area contributed by atoms with E-state index in [0.29, 0.717) is 29.5 Å². The van der Waals surface area contributed by atoms with E-state index in [1.54, 1.807) is 85.8 Å². The molecule has 14 unspecified atom stereocenters. The number of Topliss-reactive ketones (excluding diaryl/α,β-unsaturated/α-hetero) is 1. The summed E-state index contributed by atoms with van der Waals surface area (Å²) in [5.74, 6) is -6.77. The lowest BCUT2D eigenvalue weighted by molar-refractivity contribution is -0.347. The van der Waals surface area contributed by atoms with Crippen LogP contribution in [0.25, 0.3) is 21.9 Å². The molecule has 15 atom stereocenters. The van der Waals surface area contributed by atoms with E-state index in [1.165, 1.54) is 37.3 Å². The Balaban J connectivity index is 0.755. The number of aromatic amines is 2. The van der Waals surface area contributed by atoms with Crippen molar-refractivity contribution in [1.82, 2.24) is 20.6 Å². The van der Waals surface area contributed by atoms with Crippen molar-refractivity contribution in [2.75, 3.05) is 50.2 Å². The van der Waals surface area contributed by atoms with Gasteiger partial charge in [-0.3, -0.25) is 38.3 Å². The number of rotatable bonds is 31. The Morgan fingerprint density at radius 1 is 0.689 bits per heavy atom. The second kappa shape index (κ2) is 36.5. The Morgan fingerprint density at radius 3 is 2.05 bits per heavy atom. The summed E-state index contributed by atoms with van der Waals surface area (Å²) in [7, 11) is -4.62. The fourth-order valence-electron chi connectivity index (χ4n) is 13.5. The van der Waals surface area contributed by atoms with Gasteiger partial charge in [-0.25, -0.2) is 14.4 Å². The third-order valence-electron chi connectivity index (χ3n) is 18.9. The van der Waals surface area contributed by atoms with E-state index >= 15 is 0 Å². The van der Waals surface area contributed by atoms with Crippen molar-refractivity contribution in [3.8, 4) is 11.1 Å². The highest BCUT2D eigenvalue weighted by Crippen LogP contribution is 2.39. The molecule has 10 rings (SSSR count). The minimum atomic E-state index is -4.62. The molecule has 32 nitrogen and oxygen atoms in total.